The summed E-state index contributed by atoms with van der Waals surface area (Å²) >= 11 is 0. The van der Waals surface area contributed by atoms with Crippen LogP contribution in [0.4, 0.5) is 0 Å². The molecular formula is C17H15NO7. The van der Waals surface area contributed by atoms with Crippen LogP contribution in [0.5, 0.6) is 0 Å². The van der Waals surface area contributed by atoms with E-state index >= 15 is 0 Å². The number of hydrogen-bond acceptors (Lipinski definition) is 7. The molecule has 0 spiro atoms. The van der Waals surface area contributed by atoms with Crippen LogP contribution >= 0.6 is 0 Å². The Morgan fingerprint density at radius 3 is 2.72 bits per heavy atom. The lowest BCUT2D eigenvalue weighted by molar-refractivity contribution is -0.145. The van der Waals surface area contributed by atoms with Crippen LogP contribution in [0, 0.1) is 0 Å². The number of furan rings is 1. The van der Waals surface area contributed by atoms with Gasteiger partial charge in [0.2, 0.25) is 5.76 Å². The Morgan fingerprint density at radius 1 is 1.12 bits per heavy atom. The summed E-state index contributed by atoms with van der Waals surface area (Å²) < 4.78 is 21.3. The number of oxazole rings is 1. The molecule has 2 aromatic heterocycles. The van der Waals surface area contributed by atoms with Crippen LogP contribution in [0.25, 0.3) is 11.1 Å². The predicted molar refractivity (Wildman–Crippen MR) is 84.9 cm³/mol. The van der Waals surface area contributed by atoms with Crippen molar-refractivity contribution in [2.75, 3.05) is 7.11 Å². The second-order valence-corrected chi connectivity index (χ2v) is 5.16. The average molecular weight is 345 g/mol. The maximum atomic E-state index is 11.9. The largest absolute Gasteiger partial charge is 0.463 e. The molecule has 0 saturated carbocycles. The Kier molecular flexibility index (Phi) is 4.69. The third-order valence-electron chi connectivity index (χ3n) is 3.54. The third-order valence-corrected chi connectivity index (χ3v) is 3.54. The summed E-state index contributed by atoms with van der Waals surface area (Å²) in [5.74, 6) is -1.29. The number of methoxy groups -OCH3 is 1. The molecule has 25 heavy (non-hydrogen) atoms. The molecule has 0 aliphatic rings. The van der Waals surface area contributed by atoms with Gasteiger partial charge < -0.3 is 18.3 Å². The first-order chi connectivity index (χ1) is 12.1. The first kappa shape index (κ1) is 16.6. The Balaban J connectivity index is 1.56. The van der Waals surface area contributed by atoms with Crippen LogP contribution in [-0.4, -0.2) is 23.6 Å². The summed E-state index contributed by atoms with van der Waals surface area (Å²) in [7, 11) is 1.24. The number of rotatable bonds is 6. The maximum absolute atomic E-state index is 11.9. The summed E-state index contributed by atoms with van der Waals surface area (Å²) in [6, 6.07) is 9.92. The SMILES string of the molecule is COC(=O)c1ccc(COC(=O)CCn2c(=O)oc3ccccc32)o1. The van der Waals surface area contributed by atoms with Crippen LogP contribution in [0.1, 0.15) is 22.7 Å². The van der Waals surface area contributed by atoms with Gasteiger partial charge in [-0.15, -0.1) is 0 Å². The quantitative estimate of drug-likeness (QED) is 0.631. The maximum Gasteiger partial charge on any atom is 0.419 e. The van der Waals surface area contributed by atoms with Crippen LogP contribution in [0.2, 0.25) is 0 Å². The fourth-order valence-electron chi connectivity index (χ4n) is 2.32. The van der Waals surface area contributed by atoms with Gasteiger partial charge in [-0.3, -0.25) is 9.36 Å². The molecule has 0 amide bonds. The van der Waals surface area contributed by atoms with Crippen molar-refractivity contribution < 1.29 is 27.9 Å². The number of fused-ring (bicyclic) bond motifs is 1. The van der Waals surface area contributed by atoms with Crippen molar-refractivity contribution in [3.63, 3.8) is 0 Å². The summed E-state index contributed by atoms with van der Waals surface area (Å²) in [6.07, 6.45) is -0.00595. The molecule has 0 radical (unpaired) electrons. The zero-order valence-electron chi connectivity index (χ0n) is 13.4. The Hall–Kier alpha value is -3.29. The van der Waals surface area contributed by atoms with Gasteiger partial charge in [0, 0.05) is 6.54 Å². The Morgan fingerprint density at radius 2 is 1.92 bits per heavy atom. The van der Waals surface area contributed by atoms with E-state index in [-0.39, 0.29) is 25.3 Å². The van der Waals surface area contributed by atoms with Gasteiger partial charge >= 0.3 is 17.7 Å². The van der Waals surface area contributed by atoms with E-state index < -0.39 is 17.7 Å². The summed E-state index contributed by atoms with van der Waals surface area (Å²) in [5.41, 5.74) is 1.08. The number of ether oxygens (including phenoxy) is 2. The average Bonchev–Trinajstić information content (AvgIpc) is 3.21. The van der Waals surface area contributed by atoms with Gasteiger partial charge in [0.1, 0.15) is 12.4 Å². The minimum Gasteiger partial charge on any atom is -0.463 e. The molecule has 1 aromatic carbocycles. The summed E-state index contributed by atoms with van der Waals surface area (Å²) in [4.78, 5) is 34.9. The van der Waals surface area contributed by atoms with E-state index in [2.05, 4.69) is 4.74 Å². The molecule has 0 aliphatic carbocycles. The van der Waals surface area contributed by atoms with E-state index in [1.165, 1.54) is 23.8 Å². The number of carbonyl (C=O) groups is 2. The highest BCUT2D eigenvalue weighted by molar-refractivity contribution is 5.86. The Bertz CT molecular complexity index is 963. The first-order valence-corrected chi connectivity index (χ1v) is 7.49. The number of hydrogen-bond donors (Lipinski definition) is 0. The van der Waals surface area contributed by atoms with Gasteiger partial charge in [0.15, 0.2) is 5.58 Å². The van der Waals surface area contributed by atoms with Crippen molar-refractivity contribution in [1.29, 1.82) is 0 Å². The van der Waals surface area contributed by atoms with Gasteiger partial charge in [0.25, 0.3) is 0 Å². The molecule has 2 heterocycles. The van der Waals surface area contributed by atoms with Crippen molar-refractivity contribution in [2.24, 2.45) is 0 Å². The fourth-order valence-corrected chi connectivity index (χ4v) is 2.32. The predicted octanol–water partition coefficient (Wildman–Crippen LogP) is 2.11. The summed E-state index contributed by atoms with van der Waals surface area (Å²) in [6.45, 7) is 0.0249. The van der Waals surface area contributed by atoms with Crippen LogP contribution in [0.3, 0.4) is 0 Å². The second kappa shape index (κ2) is 7.08. The van der Waals surface area contributed by atoms with E-state index in [1.807, 2.05) is 0 Å². The summed E-state index contributed by atoms with van der Waals surface area (Å²) in [5, 5.41) is 0. The van der Waals surface area contributed by atoms with E-state index in [4.69, 9.17) is 13.6 Å². The van der Waals surface area contributed by atoms with Crippen LogP contribution < -0.4 is 5.76 Å². The molecule has 0 unspecified atom stereocenters. The molecule has 0 saturated heterocycles. The number of carbonyl (C=O) groups excluding carboxylic acids is 2. The van der Waals surface area contributed by atoms with E-state index in [9.17, 15) is 14.4 Å². The second-order valence-electron chi connectivity index (χ2n) is 5.16. The van der Waals surface area contributed by atoms with Gasteiger partial charge in [-0.25, -0.2) is 9.59 Å². The van der Waals surface area contributed by atoms with Crippen LogP contribution in [0.15, 0.2) is 50.0 Å². The molecule has 0 aliphatic heterocycles. The zero-order chi connectivity index (χ0) is 17.8. The molecule has 0 N–H and O–H groups in total. The third kappa shape index (κ3) is 3.63. The number of aromatic nitrogens is 1. The number of aryl methyl sites for hydroxylation is 1. The van der Waals surface area contributed by atoms with E-state index in [0.717, 1.165) is 0 Å². The smallest absolute Gasteiger partial charge is 0.419 e. The van der Waals surface area contributed by atoms with E-state index in [0.29, 0.717) is 16.9 Å². The minimum atomic E-state index is -0.608. The topological polar surface area (TPSA) is 101 Å². The monoisotopic (exact) mass is 345 g/mol. The number of benzene rings is 1. The first-order valence-electron chi connectivity index (χ1n) is 7.49. The highest BCUT2D eigenvalue weighted by Crippen LogP contribution is 2.13. The molecule has 8 heteroatoms. The van der Waals surface area contributed by atoms with Crippen LogP contribution in [-0.2, 0) is 27.4 Å². The lowest BCUT2D eigenvalue weighted by Gasteiger charge is -2.04. The molecular weight excluding hydrogens is 330 g/mol. The van der Waals surface area contributed by atoms with Crippen molar-refractivity contribution in [2.45, 2.75) is 19.6 Å². The van der Waals surface area contributed by atoms with Crippen molar-refractivity contribution in [3.05, 3.63) is 58.5 Å². The normalized spacial score (nSPS) is 10.8. The number of nitrogens with zero attached hydrogens (tertiary/aromatic N) is 1. The number of para-hydroxylation sites is 2. The molecule has 0 fully saturated rings. The lowest BCUT2D eigenvalue weighted by atomic mass is 10.3. The Labute approximate surface area is 141 Å². The molecule has 3 rings (SSSR count). The molecule has 130 valence electrons. The van der Waals surface area contributed by atoms with Crippen molar-refractivity contribution >= 4 is 23.0 Å². The van der Waals surface area contributed by atoms with Gasteiger partial charge in [-0.05, 0) is 24.3 Å². The van der Waals surface area contributed by atoms with Gasteiger partial charge in [-0.1, -0.05) is 12.1 Å². The van der Waals surface area contributed by atoms with Gasteiger partial charge in [-0.2, -0.15) is 0 Å². The molecule has 0 atom stereocenters. The highest BCUT2D eigenvalue weighted by Gasteiger charge is 2.14. The lowest BCUT2D eigenvalue weighted by Crippen LogP contribution is -2.17. The fraction of sp³-hybridized carbons (Fsp3) is 0.235. The standard InChI is InChI=1S/C17H15NO7/c1-22-16(20)14-7-6-11(24-14)10-23-15(19)8-9-18-12-4-2-3-5-13(12)25-17(18)21/h2-7H,8-10H2,1H3. The minimum absolute atomic E-state index is 0.00595. The molecule has 0 bridgehead atoms. The molecule has 3 aromatic rings. The van der Waals surface area contributed by atoms with Gasteiger partial charge in [0.05, 0.1) is 19.0 Å². The number of esters is 2. The highest BCUT2D eigenvalue weighted by atomic mass is 16.5. The van der Waals surface area contributed by atoms with E-state index in [1.54, 1.807) is 24.3 Å². The van der Waals surface area contributed by atoms with Crippen molar-refractivity contribution in [3.8, 4) is 0 Å². The molecule has 8 nitrogen and oxygen atoms in total. The van der Waals surface area contributed by atoms with Crippen molar-refractivity contribution in [1.82, 2.24) is 4.57 Å². The zero-order valence-corrected chi connectivity index (χ0v) is 13.4.